The van der Waals surface area contributed by atoms with Crippen molar-refractivity contribution < 1.29 is 0 Å². The Balaban J connectivity index is 1.79. The maximum absolute atomic E-state index is 3.66. The first-order valence-electron chi connectivity index (χ1n) is 5.82. The summed E-state index contributed by atoms with van der Waals surface area (Å²) < 4.78 is 1.27. The van der Waals surface area contributed by atoms with Gasteiger partial charge in [-0.15, -0.1) is 11.3 Å². The number of piperidine rings is 1. The molecule has 2 rings (SSSR count). The number of hydrogen-bond donors (Lipinski definition) is 1. The molecule has 2 heterocycles. The van der Waals surface area contributed by atoms with Gasteiger partial charge >= 0.3 is 0 Å². The van der Waals surface area contributed by atoms with Crippen LogP contribution in [0, 0.1) is 6.92 Å². The summed E-state index contributed by atoms with van der Waals surface area (Å²) in [5, 5.41) is 3.66. The molecule has 0 aliphatic carbocycles. The summed E-state index contributed by atoms with van der Waals surface area (Å²) in [7, 11) is 2.20. The van der Waals surface area contributed by atoms with E-state index in [-0.39, 0.29) is 0 Å². The third-order valence-electron chi connectivity index (χ3n) is 3.19. The smallest absolute Gasteiger partial charge is 0.0730 e. The molecule has 1 aliphatic rings. The zero-order valence-electron chi connectivity index (χ0n) is 9.92. The second kappa shape index (κ2) is 5.63. The molecular weight excluding hydrogens is 284 g/mol. The molecule has 1 aromatic heterocycles. The third-order valence-corrected chi connectivity index (χ3v) is 5.33. The number of nitrogens with one attached hydrogen (secondary N) is 1. The Morgan fingerprint density at radius 3 is 2.75 bits per heavy atom. The van der Waals surface area contributed by atoms with E-state index in [1.54, 1.807) is 0 Å². The van der Waals surface area contributed by atoms with E-state index in [9.17, 15) is 0 Å². The average Bonchev–Trinajstić information content (AvgIpc) is 2.58. The van der Waals surface area contributed by atoms with Crippen LogP contribution in [0.15, 0.2) is 9.85 Å². The summed E-state index contributed by atoms with van der Waals surface area (Å²) in [6, 6.07) is 2.98. The number of thiophene rings is 1. The van der Waals surface area contributed by atoms with Gasteiger partial charge in [0, 0.05) is 17.5 Å². The van der Waals surface area contributed by atoms with Crippen LogP contribution in [0.4, 0.5) is 0 Å². The topological polar surface area (TPSA) is 15.3 Å². The van der Waals surface area contributed by atoms with E-state index in [1.165, 1.54) is 40.2 Å². The molecule has 1 fully saturated rings. The van der Waals surface area contributed by atoms with E-state index in [1.807, 2.05) is 11.3 Å². The number of rotatable bonds is 3. The number of likely N-dealkylation sites (tertiary alicyclic amines) is 1. The van der Waals surface area contributed by atoms with Crippen molar-refractivity contribution in [3.8, 4) is 0 Å². The highest BCUT2D eigenvalue weighted by molar-refractivity contribution is 9.11. The Hall–Kier alpha value is 0.100. The minimum Gasteiger partial charge on any atom is -0.309 e. The third kappa shape index (κ3) is 3.29. The fraction of sp³-hybridized carbons (Fsp3) is 0.667. The van der Waals surface area contributed by atoms with Crippen LogP contribution in [0.5, 0.6) is 0 Å². The van der Waals surface area contributed by atoms with Gasteiger partial charge in [-0.1, -0.05) is 0 Å². The van der Waals surface area contributed by atoms with Gasteiger partial charge in [-0.2, -0.15) is 0 Å². The van der Waals surface area contributed by atoms with Crippen molar-refractivity contribution in [3.63, 3.8) is 0 Å². The Morgan fingerprint density at radius 1 is 1.50 bits per heavy atom. The zero-order valence-corrected chi connectivity index (χ0v) is 12.3. The first-order chi connectivity index (χ1) is 7.65. The monoisotopic (exact) mass is 302 g/mol. The summed E-state index contributed by atoms with van der Waals surface area (Å²) in [6.45, 7) is 5.63. The van der Waals surface area contributed by atoms with Crippen LogP contribution in [0.3, 0.4) is 0 Å². The molecule has 0 aromatic carbocycles. The van der Waals surface area contributed by atoms with Crippen molar-refractivity contribution in [1.82, 2.24) is 10.2 Å². The average molecular weight is 303 g/mol. The van der Waals surface area contributed by atoms with Crippen LogP contribution in [0.2, 0.25) is 0 Å². The van der Waals surface area contributed by atoms with Gasteiger partial charge < -0.3 is 10.2 Å². The predicted octanol–water partition coefficient (Wildman–Crippen LogP) is 3.00. The maximum Gasteiger partial charge on any atom is 0.0730 e. The molecule has 0 radical (unpaired) electrons. The highest BCUT2D eigenvalue weighted by atomic mass is 79.9. The summed E-state index contributed by atoms with van der Waals surface area (Å²) >= 11 is 5.42. The lowest BCUT2D eigenvalue weighted by molar-refractivity contribution is 0.234. The largest absolute Gasteiger partial charge is 0.309 e. The van der Waals surface area contributed by atoms with Crippen LogP contribution in [-0.2, 0) is 6.54 Å². The molecule has 2 nitrogen and oxygen atoms in total. The molecule has 0 bridgehead atoms. The van der Waals surface area contributed by atoms with Gasteiger partial charge in [0.05, 0.1) is 3.79 Å². The minimum atomic E-state index is 0.706. The molecule has 4 heteroatoms. The first-order valence-corrected chi connectivity index (χ1v) is 7.43. The predicted molar refractivity (Wildman–Crippen MR) is 74.1 cm³/mol. The fourth-order valence-electron chi connectivity index (χ4n) is 2.07. The van der Waals surface area contributed by atoms with E-state index in [2.05, 4.69) is 46.2 Å². The van der Waals surface area contributed by atoms with Crippen molar-refractivity contribution in [2.24, 2.45) is 0 Å². The summed E-state index contributed by atoms with van der Waals surface area (Å²) in [5.41, 5.74) is 1.35. The molecule has 0 atom stereocenters. The van der Waals surface area contributed by atoms with Crippen molar-refractivity contribution in [1.29, 1.82) is 0 Å². The van der Waals surface area contributed by atoms with Gasteiger partial charge in [0.1, 0.15) is 0 Å². The van der Waals surface area contributed by atoms with Crippen molar-refractivity contribution in [2.45, 2.75) is 32.4 Å². The van der Waals surface area contributed by atoms with Crippen LogP contribution in [-0.4, -0.2) is 31.1 Å². The maximum atomic E-state index is 3.66. The van der Waals surface area contributed by atoms with Crippen LogP contribution in [0.25, 0.3) is 0 Å². The molecule has 0 spiro atoms. The number of halogens is 1. The molecule has 1 N–H and O–H groups in total. The molecule has 1 aliphatic heterocycles. The molecule has 0 amide bonds. The van der Waals surface area contributed by atoms with Gasteiger partial charge in [0.2, 0.25) is 0 Å². The molecule has 0 saturated carbocycles. The highest BCUT2D eigenvalue weighted by Gasteiger charge is 2.16. The summed E-state index contributed by atoms with van der Waals surface area (Å²) in [6.07, 6.45) is 2.56. The van der Waals surface area contributed by atoms with E-state index in [0.29, 0.717) is 6.04 Å². The van der Waals surface area contributed by atoms with E-state index in [0.717, 1.165) is 6.54 Å². The van der Waals surface area contributed by atoms with Crippen LogP contribution < -0.4 is 5.32 Å². The molecule has 90 valence electrons. The van der Waals surface area contributed by atoms with Crippen LogP contribution >= 0.6 is 27.3 Å². The van der Waals surface area contributed by atoms with Gasteiger partial charge in [0.15, 0.2) is 0 Å². The van der Waals surface area contributed by atoms with Gasteiger partial charge in [-0.3, -0.25) is 0 Å². The SMILES string of the molecule is Cc1cc(CNC2CCN(C)CC2)sc1Br. The van der Waals surface area contributed by atoms with Gasteiger partial charge in [0.25, 0.3) is 0 Å². The van der Waals surface area contributed by atoms with Crippen LogP contribution in [0.1, 0.15) is 23.3 Å². The van der Waals surface area contributed by atoms with E-state index >= 15 is 0 Å². The Bertz CT molecular complexity index is 323. The zero-order chi connectivity index (χ0) is 11.5. The highest BCUT2D eigenvalue weighted by Crippen LogP contribution is 2.27. The molecule has 0 unspecified atom stereocenters. The second-order valence-electron chi connectivity index (χ2n) is 4.63. The Kier molecular flexibility index (Phi) is 4.41. The van der Waals surface area contributed by atoms with Gasteiger partial charge in [-0.25, -0.2) is 0 Å². The normalized spacial score (nSPS) is 19.2. The van der Waals surface area contributed by atoms with Crippen molar-refractivity contribution in [2.75, 3.05) is 20.1 Å². The summed E-state index contributed by atoms with van der Waals surface area (Å²) in [4.78, 5) is 3.84. The first kappa shape index (κ1) is 12.6. The Labute approximate surface area is 110 Å². The minimum absolute atomic E-state index is 0.706. The lowest BCUT2D eigenvalue weighted by Crippen LogP contribution is -2.40. The summed E-state index contributed by atoms with van der Waals surface area (Å²) in [5.74, 6) is 0. The Morgan fingerprint density at radius 2 is 2.19 bits per heavy atom. The quantitative estimate of drug-likeness (QED) is 0.923. The molecule has 1 aromatic rings. The lowest BCUT2D eigenvalue weighted by atomic mass is 10.1. The lowest BCUT2D eigenvalue weighted by Gasteiger charge is -2.29. The van der Waals surface area contributed by atoms with Gasteiger partial charge in [-0.05, 0) is 67.5 Å². The molecule has 1 saturated heterocycles. The number of nitrogens with zero attached hydrogens (tertiary/aromatic N) is 1. The van der Waals surface area contributed by atoms with E-state index in [4.69, 9.17) is 0 Å². The molecule has 16 heavy (non-hydrogen) atoms. The second-order valence-corrected chi connectivity index (χ2v) is 7.08. The van der Waals surface area contributed by atoms with Crippen molar-refractivity contribution in [3.05, 3.63) is 20.3 Å². The van der Waals surface area contributed by atoms with Crippen molar-refractivity contribution >= 4 is 27.3 Å². The fourth-order valence-corrected chi connectivity index (χ4v) is 3.65. The van der Waals surface area contributed by atoms with E-state index < -0.39 is 0 Å². The molecular formula is C12H19BrN2S. The number of aryl methyl sites for hydroxylation is 1. The number of hydrogen-bond acceptors (Lipinski definition) is 3. The standard InChI is InChI=1S/C12H19BrN2S/c1-9-7-11(16-12(9)13)8-14-10-3-5-15(2)6-4-10/h7,10,14H,3-6,8H2,1-2H3.